The maximum Gasteiger partial charge on any atom is 0.232 e. The van der Waals surface area contributed by atoms with E-state index in [0.29, 0.717) is 16.3 Å². The summed E-state index contributed by atoms with van der Waals surface area (Å²) in [7, 11) is -3.57. The first-order valence-corrected chi connectivity index (χ1v) is 10.1. The van der Waals surface area contributed by atoms with Crippen molar-refractivity contribution in [2.24, 2.45) is 0 Å². The number of anilines is 1. The number of nitrogens with zero attached hydrogens (tertiary/aromatic N) is 1. The topological polar surface area (TPSA) is 66.5 Å². The third-order valence-electron chi connectivity index (χ3n) is 3.85. The van der Waals surface area contributed by atoms with Gasteiger partial charge in [-0.15, -0.1) is 0 Å². The summed E-state index contributed by atoms with van der Waals surface area (Å²) in [5.41, 5.74) is 1.84. The molecule has 2 rings (SSSR count). The third-order valence-corrected chi connectivity index (χ3v) is 5.44. The molecule has 0 aliphatic carbocycles. The van der Waals surface area contributed by atoms with E-state index in [4.69, 9.17) is 11.6 Å². The van der Waals surface area contributed by atoms with Crippen LogP contribution in [0.3, 0.4) is 0 Å². The molecule has 0 aliphatic heterocycles. The molecule has 0 spiro atoms. The molecule has 0 atom stereocenters. The van der Waals surface area contributed by atoms with Crippen molar-refractivity contribution in [3.63, 3.8) is 0 Å². The van der Waals surface area contributed by atoms with Crippen LogP contribution in [0.25, 0.3) is 0 Å². The first-order valence-electron chi connectivity index (χ1n) is 7.92. The maximum absolute atomic E-state index is 12.9. The fourth-order valence-electron chi connectivity index (χ4n) is 2.43. The van der Waals surface area contributed by atoms with Gasteiger partial charge < -0.3 is 5.32 Å². The summed E-state index contributed by atoms with van der Waals surface area (Å²) in [6.07, 6.45) is 1.07. The smallest absolute Gasteiger partial charge is 0.232 e. The number of sulfonamides is 1. The molecule has 0 saturated carbocycles. The van der Waals surface area contributed by atoms with Crippen molar-refractivity contribution in [3.8, 4) is 0 Å². The standard InChI is InChI=1S/C18H20ClFN2O3S/c1-13-16(19)4-3-5-17(13)22(26(2,24)25)11-10-18(23)21-12-14-6-8-15(20)9-7-14/h3-9H,10-12H2,1-2H3,(H,21,23). The Morgan fingerprint density at radius 2 is 1.85 bits per heavy atom. The van der Waals surface area contributed by atoms with E-state index >= 15 is 0 Å². The minimum absolute atomic E-state index is 0.00470. The Hall–Kier alpha value is -2.12. The van der Waals surface area contributed by atoms with Crippen LogP contribution >= 0.6 is 11.6 Å². The van der Waals surface area contributed by atoms with Crippen LogP contribution < -0.4 is 9.62 Å². The van der Waals surface area contributed by atoms with Crippen LogP contribution in [-0.2, 0) is 21.4 Å². The number of hydrogen-bond donors (Lipinski definition) is 1. The zero-order valence-corrected chi connectivity index (χ0v) is 16.1. The highest BCUT2D eigenvalue weighted by Crippen LogP contribution is 2.28. The van der Waals surface area contributed by atoms with Crippen LogP contribution in [0.2, 0.25) is 5.02 Å². The van der Waals surface area contributed by atoms with Crippen molar-refractivity contribution in [1.29, 1.82) is 0 Å². The average Bonchev–Trinajstić information content (AvgIpc) is 2.57. The van der Waals surface area contributed by atoms with E-state index in [-0.39, 0.29) is 31.2 Å². The van der Waals surface area contributed by atoms with Crippen molar-refractivity contribution in [2.75, 3.05) is 17.1 Å². The molecule has 0 saturated heterocycles. The number of benzene rings is 2. The zero-order valence-electron chi connectivity index (χ0n) is 14.5. The molecule has 0 bridgehead atoms. The monoisotopic (exact) mass is 398 g/mol. The Bertz CT molecular complexity index is 886. The molecule has 2 aromatic rings. The molecule has 0 aromatic heterocycles. The number of rotatable bonds is 7. The minimum Gasteiger partial charge on any atom is -0.352 e. The van der Waals surface area contributed by atoms with E-state index in [2.05, 4.69) is 5.32 Å². The first kappa shape index (κ1) is 20.2. The summed E-state index contributed by atoms with van der Waals surface area (Å²) in [5.74, 6) is -0.650. The quantitative estimate of drug-likeness (QED) is 0.778. The lowest BCUT2D eigenvalue weighted by molar-refractivity contribution is -0.121. The van der Waals surface area contributed by atoms with Gasteiger partial charge in [-0.1, -0.05) is 29.8 Å². The van der Waals surface area contributed by atoms with E-state index < -0.39 is 10.0 Å². The summed E-state index contributed by atoms with van der Waals surface area (Å²) in [5, 5.41) is 3.15. The Balaban J connectivity index is 2.02. The number of halogens is 2. The Labute approximate surface area is 157 Å². The van der Waals surface area contributed by atoms with Gasteiger partial charge in [-0.3, -0.25) is 9.10 Å². The molecule has 140 valence electrons. The normalized spacial score (nSPS) is 11.2. The molecular weight excluding hydrogens is 379 g/mol. The van der Waals surface area contributed by atoms with Gasteiger partial charge in [0.2, 0.25) is 15.9 Å². The van der Waals surface area contributed by atoms with Gasteiger partial charge in [0.05, 0.1) is 11.9 Å². The molecular formula is C18H20ClFN2O3S. The summed E-state index contributed by atoms with van der Waals surface area (Å²) in [6, 6.07) is 10.8. The lowest BCUT2D eigenvalue weighted by Gasteiger charge is -2.24. The van der Waals surface area contributed by atoms with Crippen LogP contribution in [0.4, 0.5) is 10.1 Å². The van der Waals surface area contributed by atoms with Gasteiger partial charge in [0.15, 0.2) is 0 Å². The summed E-state index contributed by atoms with van der Waals surface area (Å²) < 4.78 is 38.3. The Morgan fingerprint density at radius 1 is 1.19 bits per heavy atom. The van der Waals surface area contributed by atoms with Crippen LogP contribution in [-0.4, -0.2) is 27.1 Å². The molecule has 5 nitrogen and oxygen atoms in total. The number of hydrogen-bond acceptors (Lipinski definition) is 3. The van der Waals surface area contributed by atoms with Gasteiger partial charge in [0.25, 0.3) is 0 Å². The van der Waals surface area contributed by atoms with Gasteiger partial charge in [-0.2, -0.15) is 0 Å². The van der Waals surface area contributed by atoms with Crippen LogP contribution in [0.15, 0.2) is 42.5 Å². The van der Waals surface area contributed by atoms with E-state index in [0.717, 1.165) is 11.8 Å². The van der Waals surface area contributed by atoms with Crippen LogP contribution in [0.5, 0.6) is 0 Å². The van der Waals surface area contributed by atoms with Crippen molar-refractivity contribution in [2.45, 2.75) is 19.9 Å². The van der Waals surface area contributed by atoms with Gasteiger partial charge in [0.1, 0.15) is 5.82 Å². The second-order valence-electron chi connectivity index (χ2n) is 5.87. The van der Waals surface area contributed by atoms with E-state index in [9.17, 15) is 17.6 Å². The van der Waals surface area contributed by atoms with Crippen molar-refractivity contribution in [3.05, 3.63) is 64.4 Å². The largest absolute Gasteiger partial charge is 0.352 e. The fourth-order valence-corrected chi connectivity index (χ4v) is 3.57. The Kier molecular flexibility index (Phi) is 6.61. The number of carbonyl (C=O) groups is 1. The Morgan fingerprint density at radius 3 is 2.46 bits per heavy atom. The van der Waals surface area contributed by atoms with Gasteiger partial charge in [-0.25, -0.2) is 12.8 Å². The highest BCUT2D eigenvalue weighted by Gasteiger charge is 2.21. The molecule has 1 N–H and O–H groups in total. The molecule has 0 fully saturated rings. The average molecular weight is 399 g/mol. The van der Waals surface area contributed by atoms with Crippen LogP contribution in [0.1, 0.15) is 17.5 Å². The van der Waals surface area contributed by atoms with E-state index in [1.54, 1.807) is 37.3 Å². The second kappa shape index (κ2) is 8.51. The molecule has 0 unspecified atom stereocenters. The molecule has 0 aliphatic rings. The lowest BCUT2D eigenvalue weighted by Crippen LogP contribution is -2.35. The fraction of sp³-hybridized carbons (Fsp3) is 0.278. The van der Waals surface area contributed by atoms with Gasteiger partial charge in [-0.05, 0) is 42.3 Å². The summed E-state index contributed by atoms with van der Waals surface area (Å²) in [6.45, 7) is 1.97. The van der Waals surface area contributed by atoms with Gasteiger partial charge >= 0.3 is 0 Å². The van der Waals surface area contributed by atoms with Gasteiger partial charge in [0, 0.05) is 24.5 Å². The van der Waals surface area contributed by atoms with Crippen molar-refractivity contribution in [1.82, 2.24) is 5.32 Å². The molecule has 0 heterocycles. The first-order chi connectivity index (χ1) is 12.2. The molecule has 0 radical (unpaired) electrons. The molecule has 2 aromatic carbocycles. The highest BCUT2D eigenvalue weighted by atomic mass is 35.5. The second-order valence-corrected chi connectivity index (χ2v) is 8.19. The zero-order chi connectivity index (χ0) is 19.3. The van der Waals surface area contributed by atoms with Crippen molar-refractivity contribution >= 4 is 33.2 Å². The molecule has 8 heteroatoms. The predicted molar refractivity (Wildman–Crippen MR) is 101 cm³/mol. The lowest BCUT2D eigenvalue weighted by atomic mass is 10.2. The van der Waals surface area contributed by atoms with E-state index in [1.807, 2.05) is 0 Å². The summed E-state index contributed by atoms with van der Waals surface area (Å²) >= 11 is 6.07. The van der Waals surface area contributed by atoms with Crippen LogP contribution in [0, 0.1) is 12.7 Å². The number of amides is 1. The summed E-state index contributed by atoms with van der Waals surface area (Å²) in [4.78, 5) is 12.1. The molecule has 26 heavy (non-hydrogen) atoms. The predicted octanol–water partition coefficient (Wildman–Crippen LogP) is 3.26. The van der Waals surface area contributed by atoms with Crippen molar-refractivity contribution < 1.29 is 17.6 Å². The number of carbonyl (C=O) groups excluding carboxylic acids is 1. The minimum atomic E-state index is -3.57. The SMILES string of the molecule is Cc1c(Cl)cccc1N(CCC(=O)NCc1ccc(F)cc1)S(C)(=O)=O. The third kappa shape index (κ3) is 5.44. The van der Waals surface area contributed by atoms with E-state index in [1.165, 1.54) is 16.4 Å². The highest BCUT2D eigenvalue weighted by molar-refractivity contribution is 7.92. The maximum atomic E-state index is 12.9. The number of nitrogens with one attached hydrogen (secondary N) is 1. The molecule has 1 amide bonds.